The quantitative estimate of drug-likeness (QED) is 0.317. The molecule has 1 atom stereocenters. The fourth-order valence-corrected chi connectivity index (χ4v) is 3.81. The summed E-state index contributed by atoms with van der Waals surface area (Å²) >= 11 is 5.16. The predicted molar refractivity (Wildman–Crippen MR) is 105 cm³/mol. The monoisotopic (exact) mass is 503 g/mol. The Kier molecular flexibility index (Phi) is 9.22. The molecule has 1 unspecified atom stereocenters. The molecule has 2 heterocycles. The smallest absolute Gasteiger partial charge is 0.191 e. The van der Waals surface area contributed by atoms with Crippen LogP contribution in [0.25, 0.3) is 0 Å². The molecule has 1 fully saturated rings. The second kappa shape index (κ2) is 10.1. The van der Waals surface area contributed by atoms with Crippen molar-refractivity contribution < 1.29 is 9.84 Å². The minimum Gasteiger partial charge on any atom is -0.396 e. The fraction of sp³-hybridized carbons (Fsp3) is 0.643. The van der Waals surface area contributed by atoms with Crippen LogP contribution >= 0.6 is 51.2 Å². The van der Waals surface area contributed by atoms with Crippen molar-refractivity contribution in [1.29, 1.82) is 0 Å². The van der Waals surface area contributed by atoms with Crippen LogP contribution in [0.4, 0.5) is 0 Å². The predicted octanol–water partition coefficient (Wildman–Crippen LogP) is 2.58. The Morgan fingerprint density at radius 3 is 2.91 bits per heavy atom. The number of ether oxygens (including phenoxy) is 1. The van der Waals surface area contributed by atoms with Gasteiger partial charge in [-0.15, -0.1) is 35.3 Å². The molecule has 8 heteroatoms. The number of aliphatic imine (C=N–C) groups is 1. The molecule has 0 aromatic carbocycles. The third-order valence-corrected chi connectivity index (χ3v) is 5.43. The van der Waals surface area contributed by atoms with Crippen LogP contribution in [-0.4, -0.2) is 44.5 Å². The highest BCUT2D eigenvalue weighted by Gasteiger charge is 2.34. The van der Waals surface area contributed by atoms with E-state index in [9.17, 15) is 5.11 Å². The highest BCUT2D eigenvalue weighted by molar-refractivity contribution is 14.0. The number of hydrogen-bond acceptors (Lipinski definition) is 4. The maximum absolute atomic E-state index is 9.24. The average molecular weight is 504 g/mol. The largest absolute Gasteiger partial charge is 0.396 e. The SMILES string of the molecule is CN=C(NCc1cc(Br)cs1)NCC1(CCO)CCOC1.I. The van der Waals surface area contributed by atoms with Gasteiger partial charge in [-0.2, -0.15) is 0 Å². The van der Waals surface area contributed by atoms with Crippen LogP contribution in [0, 0.1) is 5.41 Å². The molecule has 3 N–H and O–H groups in total. The molecule has 1 saturated heterocycles. The molecule has 1 aliphatic heterocycles. The maximum Gasteiger partial charge on any atom is 0.191 e. The standard InChI is InChI=1S/C14H22BrN3O2S.HI/c1-16-13(17-7-12-6-11(15)8-21-12)18-9-14(2-4-19)3-5-20-10-14;/h6,8,19H,2-5,7,9-10H2,1H3,(H2,16,17,18);1H. The van der Waals surface area contributed by atoms with Gasteiger partial charge in [0, 0.05) is 47.0 Å². The molecule has 0 aliphatic carbocycles. The Morgan fingerprint density at radius 2 is 2.36 bits per heavy atom. The summed E-state index contributed by atoms with van der Waals surface area (Å²) < 4.78 is 6.60. The van der Waals surface area contributed by atoms with E-state index in [1.54, 1.807) is 18.4 Å². The van der Waals surface area contributed by atoms with Crippen molar-refractivity contribution >= 4 is 57.2 Å². The second-order valence-corrected chi connectivity index (χ2v) is 7.20. The molecule has 0 amide bonds. The number of halogens is 2. The van der Waals surface area contributed by atoms with E-state index in [0.717, 1.165) is 43.0 Å². The van der Waals surface area contributed by atoms with Crippen LogP contribution in [0.3, 0.4) is 0 Å². The first-order valence-corrected chi connectivity index (χ1v) is 8.71. The molecule has 0 saturated carbocycles. The van der Waals surface area contributed by atoms with Gasteiger partial charge in [-0.25, -0.2) is 0 Å². The highest BCUT2D eigenvalue weighted by atomic mass is 127. The van der Waals surface area contributed by atoms with Crippen molar-refractivity contribution in [2.45, 2.75) is 19.4 Å². The summed E-state index contributed by atoms with van der Waals surface area (Å²) in [6.07, 6.45) is 1.74. The third kappa shape index (κ3) is 5.95. The summed E-state index contributed by atoms with van der Waals surface area (Å²) in [7, 11) is 1.77. The molecule has 0 spiro atoms. The van der Waals surface area contributed by atoms with Gasteiger partial charge in [0.05, 0.1) is 13.2 Å². The zero-order chi connectivity index (χ0) is 15.1. The van der Waals surface area contributed by atoms with Gasteiger partial charge in [-0.05, 0) is 34.8 Å². The van der Waals surface area contributed by atoms with Gasteiger partial charge in [-0.3, -0.25) is 4.99 Å². The van der Waals surface area contributed by atoms with Crippen LogP contribution in [0.1, 0.15) is 17.7 Å². The third-order valence-electron chi connectivity index (χ3n) is 3.73. The molecule has 5 nitrogen and oxygen atoms in total. The number of aliphatic hydroxyl groups excluding tert-OH is 1. The fourth-order valence-electron chi connectivity index (χ4n) is 2.42. The lowest BCUT2D eigenvalue weighted by Gasteiger charge is -2.27. The van der Waals surface area contributed by atoms with Gasteiger partial charge in [0.1, 0.15) is 0 Å². The molecule has 1 aromatic rings. The van der Waals surface area contributed by atoms with Crippen molar-refractivity contribution in [3.8, 4) is 0 Å². The van der Waals surface area contributed by atoms with Gasteiger partial charge in [0.2, 0.25) is 0 Å². The molecular weight excluding hydrogens is 481 g/mol. The summed E-state index contributed by atoms with van der Waals surface area (Å²) in [6, 6.07) is 2.10. The van der Waals surface area contributed by atoms with Crippen molar-refractivity contribution in [3.63, 3.8) is 0 Å². The van der Waals surface area contributed by atoms with Gasteiger partial charge in [-0.1, -0.05) is 0 Å². The van der Waals surface area contributed by atoms with Crippen LogP contribution in [0.5, 0.6) is 0 Å². The van der Waals surface area contributed by atoms with Crippen LogP contribution < -0.4 is 10.6 Å². The molecule has 2 rings (SSSR count). The average Bonchev–Trinajstić information content (AvgIpc) is 3.09. The Hall–Kier alpha value is 0.1000. The van der Waals surface area contributed by atoms with E-state index >= 15 is 0 Å². The van der Waals surface area contributed by atoms with Crippen molar-refractivity contribution in [2.24, 2.45) is 10.4 Å². The topological polar surface area (TPSA) is 65.9 Å². The first kappa shape index (κ1) is 20.1. The van der Waals surface area contributed by atoms with Crippen LogP contribution in [0.2, 0.25) is 0 Å². The number of guanidine groups is 1. The lowest BCUT2D eigenvalue weighted by molar-refractivity contribution is 0.127. The normalized spacial score (nSPS) is 21.5. The van der Waals surface area contributed by atoms with Gasteiger partial charge >= 0.3 is 0 Å². The summed E-state index contributed by atoms with van der Waals surface area (Å²) in [4.78, 5) is 5.50. The molecule has 0 bridgehead atoms. The van der Waals surface area contributed by atoms with E-state index in [1.165, 1.54) is 4.88 Å². The lowest BCUT2D eigenvalue weighted by Crippen LogP contribution is -2.44. The molecule has 126 valence electrons. The van der Waals surface area contributed by atoms with Crippen molar-refractivity contribution in [2.75, 3.05) is 33.4 Å². The first-order chi connectivity index (χ1) is 10.2. The number of rotatable bonds is 6. The summed E-state index contributed by atoms with van der Waals surface area (Å²) in [5.74, 6) is 0.781. The van der Waals surface area contributed by atoms with E-state index in [0.29, 0.717) is 6.61 Å². The Morgan fingerprint density at radius 1 is 1.55 bits per heavy atom. The minimum absolute atomic E-state index is 0. The summed E-state index contributed by atoms with van der Waals surface area (Å²) in [5, 5.41) is 18.0. The molecule has 22 heavy (non-hydrogen) atoms. The van der Waals surface area contributed by atoms with E-state index in [4.69, 9.17) is 4.74 Å². The van der Waals surface area contributed by atoms with E-state index in [-0.39, 0.29) is 36.0 Å². The Labute approximate surface area is 161 Å². The van der Waals surface area contributed by atoms with Gasteiger partial charge in [0.25, 0.3) is 0 Å². The number of nitrogens with one attached hydrogen (secondary N) is 2. The van der Waals surface area contributed by atoms with Crippen LogP contribution in [-0.2, 0) is 11.3 Å². The van der Waals surface area contributed by atoms with Crippen molar-refractivity contribution in [1.82, 2.24) is 10.6 Å². The number of nitrogens with zero attached hydrogens (tertiary/aromatic N) is 1. The molecule has 0 radical (unpaired) electrons. The van der Waals surface area contributed by atoms with E-state index < -0.39 is 0 Å². The lowest BCUT2D eigenvalue weighted by atomic mass is 9.84. The number of hydrogen-bond donors (Lipinski definition) is 3. The highest BCUT2D eigenvalue weighted by Crippen LogP contribution is 2.31. The molecular formula is C14H23BrIN3O2S. The van der Waals surface area contributed by atoms with E-state index in [2.05, 4.69) is 43.0 Å². The van der Waals surface area contributed by atoms with Crippen LogP contribution in [0.15, 0.2) is 20.9 Å². The first-order valence-electron chi connectivity index (χ1n) is 7.03. The van der Waals surface area contributed by atoms with Gasteiger partial charge < -0.3 is 20.5 Å². The second-order valence-electron chi connectivity index (χ2n) is 5.29. The number of thiophene rings is 1. The maximum atomic E-state index is 9.24. The number of aliphatic hydroxyl groups is 1. The van der Waals surface area contributed by atoms with E-state index in [1.807, 2.05) is 0 Å². The minimum atomic E-state index is 0. The zero-order valence-electron chi connectivity index (χ0n) is 12.6. The zero-order valence-corrected chi connectivity index (χ0v) is 17.3. The summed E-state index contributed by atoms with van der Waals surface area (Å²) in [6.45, 7) is 3.19. The molecule has 1 aromatic heterocycles. The van der Waals surface area contributed by atoms with Gasteiger partial charge in [0.15, 0.2) is 5.96 Å². The summed E-state index contributed by atoms with van der Waals surface area (Å²) in [5.41, 5.74) is 0.0261. The molecule has 1 aliphatic rings. The Balaban J connectivity index is 0.00000242. The van der Waals surface area contributed by atoms with Crippen molar-refractivity contribution in [3.05, 3.63) is 20.8 Å². The Bertz CT molecular complexity index is 478.